The number of hydrogen-bond acceptors (Lipinski definition) is 8. The van der Waals surface area contributed by atoms with E-state index in [0.29, 0.717) is 12.4 Å². The predicted molar refractivity (Wildman–Crippen MR) is 149 cm³/mol. The van der Waals surface area contributed by atoms with E-state index < -0.39 is 19.3 Å². The van der Waals surface area contributed by atoms with Crippen molar-refractivity contribution in [2.45, 2.75) is 45.4 Å². The van der Waals surface area contributed by atoms with E-state index in [0.717, 1.165) is 18.6 Å². The number of hydrogen-bond donors (Lipinski definition) is 0. The Kier molecular flexibility index (Phi) is 12.0. The number of para-hydroxylation sites is 2. The Bertz CT molecular complexity index is 1120. The van der Waals surface area contributed by atoms with Crippen molar-refractivity contribution >= 4 is 19.3 Å². The van der Waals surface area contributed by atoms with E-state index in [1.54, 1.807) is 72.8 Å². The Labute approximate surface area is 230 Å². The molecule has 0 atom stereocenters. The minimum absolute atomic E-state index is 0.184. The highest BCUT2D eigenvalue weighted by Gasteiger charge is 2.33. The molecule has 0 aliphatic carbocycles. The molecule has 0 fully saturated rings. The second kappa shape index (κ2) is 16.0. The van der Waals surface area contributed by atoms with Gasteiger partial charge in [0.2, 0.25) is 0 Å². The monoisotopic (exact) mass is 534 g/mol. The van der Waals surface area contributed by atoms with Crippen LogP contribution in [-0.4, -0.2) is 40.1 Å². The summed E-state index contributed by atoms with van der Waals surface area (Å²) in [6.45, 7) is 2.86. The van der Waals surface area contributed by atoms with Gasteiger partial charge in [-0.3, -0.25) is 0 Å². The number of esters is 2. The first-order valence-electron chi connectivity index (χ1n) is 13.1. The van der Waals surface area contributed by atoms with E-state index in [2.05, 4.69) is 6.92 Å². The van der Waals surface area contributed by atoms with Crippen LogP contribution in [0, 0.1) is 0 Å². The van der Waals surface area contributed by atoms with Gasteiger partial charge in [-0.15, -0.1) is 0 Å². The van der Waals surface area contributed by atoms with Crippen LogP contribution >= 0.6 is 0 Å². The van der Waals surface area contributed by atoms with Crippen molar-refractivity contribution in [1.29, 1.82) is 0 Å². The zero-order valence-electron chi connectivity index (χ0n) is 22.7. The maximum Gasteiger partial charge on any atom is 0.864 e. The Morgan fingerprint density at radius 1 is 0.615 bits per heavy atom. The van der Waals surface area contributed by atoms with Gasteiger partial charge in [0, 0.05) is 0 Å². The molecule has 0 aromatic heterocycles. The third kappa shape index (κ3) is 9.28. The van der Waals surface area contributed by atoms with E-state index in [4.69, 9.17) is 28.2 Å². The molecule has 0 radical (unpaired) electrons. The van der Waals surface area contributed by atoms with E-state index >= 15 is 0 Å². The molecule has 3 rings (SSSR count). The summed E-state index contributed by atoms with van der Waals surface area (Å²) in [7, 11) is 1.20. The Morgan fingerprint density at radius 2 is 1.10 bits per heavy atom. The predicted octanol–water partition coefficient (Wildman–Crippen LogP) is 6.52. The minimum atomic E-state index is -1.36. The molecule has 0 saturated carbocycles. The summed E-state index contributed by atoms with van der Waals surface area (Å²) in [6, 6.07) is 20.2. The van der Waals surface area contributed by atoms with Crippen LogP contribution in [0.3, 0.4) is 0 Å². The van der Waals surface area contributed by atoms with Gasteiger partial charge in [-0.05, 0) is 55.0 Å². The smallest absolute Gasteiger partial charge is 0.494 e. The summed E-state index contributed by atoms with van der Waals surface area (Å²) >= 11 is 0. The van der Waals surface area contributed by atoms with Crippen molar-refractivity contribution in [3.05, 3.63) is 83.9 Å². The summed E-state index contributed by atoms with van der Waals surface area (Å²) in [4.78, 5) is 24.5. The normalized spacial score (nSPS) is 10.3. The van der Waals surface area contributed by atoms with Crippen LogP contribution in [0.4, 0.5) is 0 Å². The molecular weight excluding hydrogens is 499 g/mol. The average molecular weight is 534 g/mol. The number of ether oxygens (including phenoxy) is 3. The van der Waals surface area contributed by atoms with E-state index in [-0.39, 0.29) is 22.6 Å². The zero-order valence-corrected chi connectivity index (χ0v) is 22.7. The van der Waals surface area contributed by atoms with E-state index in [1.165, 1.54) is 39.9 Å². The first kappa shape index (κ1) is 29.4. The van der Waals surface area contributed by atoms with Crippen LogP contribution < -0.4 is 18.7 Å². The molecule has 0 unspecified atom stereocenters. The highest BCUT2D eigenvalue weighted by molar-refractivity contribution is 6.40. The molecule has 0 saturated heterocycles. The molecule has 39 heavy (non-hydrogen) atoms. The van der Waals surface area contributed by atoms with Crippen LogP contribution in [-0.2, 0) is 9.47 Å². The molecule has 0 heterocycles. The second-order valence-electron chi connectivity index (χ2n) is 8.71. The van der Waals surface area contributed by atoms with Gasteiger partial charge < -0.3 is 28.2 Å². The van der Waals surface area contributed by atoms with E-state index in [1.807, 2.05) is 0 Å². The molecule has 3 aromatic carbocycles. The van der Waals surface area contributed by atoms with Gasteiger partial charge in [0.15, 0.2) is 0 Å². The fourth-order valence-electron chi connectivity index (χ4n) is 3.77. The van der Waals surface area contributed by atoms with Crippen molar-refractivity contribution in [3.8, 4) is 23.0 Å². The molecule has 0 spiro atoms. The molecule has 0 amide bonds. The Hall–Kier alpha value is -4.14. The molecule has 8 nitrogen and oxygen atoms in total. The third-order valence-corrected chi connectivity index (χ3v) is 5.85. The lowest BCUT2D eigenvalue weighted by Gasteiger charge is -2.19. The van der Waals surface area contributed by atoms with Gasteiger partial charge in [0.1, 0.15) is 23.0 Å². The van der Waals surface area contributed by atoms with Crippen molar-refractivity contribution in [2.24, 2.45) is 0 Å². The lowest BCUT2D eigenvalue weighted by atomic mass is 10.1. The summed E-state index contributed by atoms with van der Waals surface area (Å²) < 4.78 is 33.5. The number of benzene rings is 3. The fourth-order valence-corrected chi connectivity index (χ4v) is 3.77. The topological polar surface area (TPSA) is 89.5 Å². The maximum atomic E-state index is 12.3. The largest absolute Gasteiger partial charge is 0.864 e. The second-order valence-corrected chi connectivity index (χ2v) is 8.71. The van der Waals surface area contributed by atoms with Crippen molar-refractivity contribution < 1.29 is 37.8 Å². The summed E-state index contributed by atoms with van der Waals surface area (Å²) in [5, 5.41) is 0. The SMILES string of the molecule is CCCCCCCCOc1ccc(OB(Oc2ccccc2C(=O)OC)Oc2ccccc2C(=O)OC)cc1. The highest BCUT2D eigenvalue weighted by atomic mass is 16.7. The first-order chi connectivity index (χ1) is 19.0. The lowest BCUT2D eigenvalue weighted by Crippen LogP contribution is -2.38. The van der Waals surface area contributed by atoms with Gasteiger partial charge in [-0.1, -0.05) is 63.3 Å². The quantitative estimate of drug-likeness (QED) is 0.117. The van der Waals surface area contributed by atoms with Gasteiger partial charge >= 0.3 is 19.3 Å². The average Bonchev–Trinajstić information content (AvgIpc) is 2.97. The molecule has 0 N–H and O–H groups in total. The Morgan fingerprint density at radius 3 is 1.64 bits per heavy atom. The lowest BCUT2D eigenvalue weighted by molar-refractivity contribution is 0.0590. The molecular formula is C30H35BO8. The fraction of sp³-hybridized carbons (Fsp3) is 0.333. The van der Waals surface area contributed by atoms with E-state index in [9.17, 15) is 9.59 Å². The first-order valence-corrected chi connectivity index (χ1v) is 13.1. The van der Waals surface area contributed by atoms with Crippen LogP contribution in [0.5, 0.6) is 23.0 Å². The molecule has 0 aliphatic heterocycles. The maximum absolute atomic E-state index is 12.3. The molecule has 0 aliphatic rings. The zero-order chi connectivity index (χ0) is 27.9. The number of rotatable bonds is 16. The summed E-state index contributed by atoms with van der Waals surface area (Å²) in [5.41, 5.74) is 0.383. The van der Waals surface area contributed by atoms with Crippen LogP contribution in [0.2, 0.25) is 0 Å². The molecule has 3 aromatic rings. The number of carbonyl (C=O) groups is 2. The summed E-state index contributed by atoms with van der Waals surface area (Å²) in [6.07, 6.45) is 7.16. The highest BCUT2D eigenvalue weighted by Crippen LogP contribution is 2.25. The Balaban J connectivity index is 1.73. The molecule has 9 heteroatoms. The molecule has 206 valence electrons. The summed E-state index contributed by atoms with van der Waals surface area (Å²) in [5.74, 6) is 0.365. The van der Waals surface area contributed by atoms with Gasteiger partial charge in [0.25, 0.3) is 0 Å². The van der Waals surface area contributed by atoms with Gasteiger partial charge in [-0.2, -0.15) is 0 Å². The van der Waals surface area contributed by atoms with Gasteiger partial charge in [0.05, 0.1) is 32.0 Å². The van der Waals surface area contributed by atoms with Crippen LogP contribution in [0.25, 0.3) is 0 Å². The van der Waals surface area contributed by atoms with Crippen LogP contribution in [0.1, 0.15) is 66.2 Å². The third-order valence-electron chi connectivity index (χ3n) is 5.85. The standard InChI is InChI=1S/C30H35BO8/c1-4-5-6-7-8-13-22-36-23-18-20-24(21-19-23)37-31(38-27-16-11-9-14-25(27)29(32)34-2)39-28-17-12-10-15-26(28)30(33)35-3/h9-12,14-21H,4-8,13,22H2,1-3H3. The van der Waals surface area contributed by atoms with Crippen molar-refractivity contribution in [3.63, 3.8) is 0 Å². The van der Waals surface area contributed by atoms with Gasteiger partial charge in [-0.25, -0.2) is 9.59 Å². The van der Waals surface area contributed by atoms with Crippen LogP contribution in [0.15, 0.2) is 72.8 Å². The molecule has 0 bridgehead atoms. The number of carbonyl (C=O) groups excluding carboxylic acids is 2. The van der Waals surface area contributed by atoms with Crippen molar-refractivity contribution in [1.82, 2.24) is 0 Å². The number of unbranched alkanes of at least 4 members (excludes halogenated alkanes) is 5. The van der Waals surface area contributed by atoms with Crippen molar-refractivity contribution in [2.75, 3.05) is 20.8 Å². The minimum Gasteiger partial charge on any atom is -0.494 e. The number of methoxy groups -OCH3 is 2.